The summed E-state index contributed by atoms with van der Waals surface area (Å²) in [4.78, 5) is 12.1. The molecule has 26 heavy (non-hydrogen) atoms. The van der Waals surface area contributed by atoms with Gasteiger partial charge in [-0.25, -0.2) is 4.79 Å². The Morgan fingerprint density at radius 2 is 1.92 bits per heavy atom. The maximum atomic E-state index is 12.1. The molecular formula is C20H22N2O4. The minimum atomic E-state index is -1.32. The van der Waals surface area contributed by atoms with E-state index >= 15 is 0 Å². The Morgan fingerprint density at radius 3 is 2.62 bits per heavy atom. The minimum Gasteiger partial charge on any atom is -0.494 e. The van der Waals surface area contributed by atoms with Crippen molar-refractivity contribution in [2.45, 2.75) is 19.4 Å². The van der Waals surface area contributed by atoms with Crippen molar-refractivity contribution >= 4 is 22.7 Å². The van der Waals surface area contributed by atoms with Gasteiger partial charge in [-0.15, -0.1) is 0 Å². The summed E-state index contributed by atoms with van der Waals surface area (Å²) in [5.41, 5.74) is 0.00536. The van der Waals surface area contributed by atoms with Crippen LogP contribution in [0.3, 0.4) is 0 Å². The average Bonchev–Trinajstić information content (AvgIpc) is 3.07. The highest BCUT2D eigenvalue weighted by atomic mass is 16.5. The first-order valence-electron chi connectivity index (χ1n) is 8.47. The van der Waals surface area contributed by atoms with Gasteiger partial charge in [0.2, 0.25) is 0 Å². The van der Waals surface area contributed by atoms with Crippen molar-refractivity contribution in [2.24, 2.45) is 0 Å². The van der Waals surface area contributed by atoms with Gasteiger partial charge in [0.25, 0.3) is 0 Å². The number of hydrogen-bond acceptors (Lipinski definition) is 4. The molecule has 6 nitrogen and oxygen atoms in total. The number of hydrogen-bond donors (Lipinski definition) is 3. The summed E-state index contributed by atoms with van der Waals surface area (Å²) < 4.78 is 11.0. The molecule has 1 heterocycles. The van der Waals surface area contributed by atoms with Crippen LogP contribution in [-0.2, 0) is 5.60 Å². The second-order valence-electron chi connectivity index (χ2n) is 6.19. The normalized spacial score (nSPS) is 13.2. The molecule has 1 aromatic heterocycles. The van der Waals surface area contributed by atoms with Gasteiger partial charge >= 0.3 is 6.03 Å². The maximum Gasteiger partial charge on any atom is 0.319 e. The number of anilines is 1. The van der Waals surface area contributed by atoms with Crippen LogP contribution >= 0.6 is 0 Å². The molecule has 0 aliphatic carbocycles. The molecule has 1 atom stereocenters. The van der Waals surface area contributed by atoms with Crippen molar-refractivity contribution in [3.05, 3.63) is 60.4 Å². The van der Waals surface area contributed by atoms with Crippen molar-refractivity contribution in [1.29, 1.82) is 0 Å². The van der Waals surface area contributed by atoms with Crippen LogP contribution in [0.1, 0.15) is 19.6 Å². The monoisotopic (exact) mass is 354 g/mol. The number of urea groups is 1. The molecule has 0 spiro atoms. The summed E-state index contributed by atoms with van der Waals surface area (Å²) in [6.45, 7) is 4.11. The Bertz CT molecular complexity index is 851. The van der Waals surface area contributed by atoms with Crippen LogP contribution in [0.15, 0.2) is 59.0 Å². The molecule has 0 fully saturated rings. The Balaban J connectivity index is 1.58. The lowest BCUT2D eigenvalue weighted by atomic mass is 10.0. The second-order valence-corrected chi connectivity index (χ2v) is 6.19. The Hall–Kier alpha value is -2.99. The number of benzene rings is 2. The van der Waals surface area contributed by atoms with Crippen LogP contribution in [0.2, 0.25) is 0 Å². The lowest BCUT2D eigenvalue weighted by Gasteiger charge is -2.21. The van der Waals surface area contributed by atoms with Gasteiger partial charge in [0.15, 0.2) is 0 Å². The van der Waals surface area contributed by atoms with Crippen LogP contribution in [0, 0.1) is 0 Å². The zero-order valence-corrected chi connectivity index (χ0v) is 14.8. The Morgan fingerprint density at radius 1 is 1.19 bits per heavy atom. The molecule has 3 aromatic rings. The number of fused-ring (bicyclic) bond motifs is 1. The third kappa shape index (κ3) is 4.15. The molecule has 0 radical (unpaired) electrons. The van der Waals surface area contributed by atoms with Gasteiger partial charge in [-0.2, -0.15) is 0 Å². The van der Waals surface area contributed by atoms with Gasteiger partial charge in [0, 0.05) is 11.1 Å². The molecule has 0 aliphatic heterocycles. The van der Waals surface area contributed by atoms with Crippen molar-refractivity contribution in [3.63, 3.8) is 0 Å². The fourth-order valence-corrected chi connectivity index (χ4v) is 2.56. The third-order valence-corrected chi connectivity index (χ3v) is 3.97. The van der Waals surface area contributed by atoms with Crippen molar-refractivity contribution in [2.75, 3.05) is 18.5 Å². The number of rotatable bonds is 6. The van der Waals surface area contributed by atoms with E-state index in [1.54, 1.807) is 37.3 Å². The quantitative estimate of drug-likeness (QED) is 0.628. The number of ether oxygens (including phenoxy) is 1. The maximum absolute atomic E-state index is 12.1. The van der Waals surface area contributed by atoms with E-state index in [1.165, 1.54) is 0 Å². The first-order chi connectivity index (χ1) is 12.5. The van der Waals surface area contributed by atoms with Gasteiger partial charge in [-0.05, 0) is 50.2 Å². The molecule has 3 N–H and O–H groups in total. The molecule has 0 saturated carbocycles. The molecule has 6 heteroatoms. The molecular weight excluding hydrogens is 332 g/mol. The van der Waals surface area contributed by atoms with E-state index in [-0.39, 0.29) is 6.54 Å². The lowest BCUT2D eigenvalue weighted by Crippen LogP contribution is -2.40. The summed E-state index contributed by atoms with van der Waals surface area (Å²) in [6, 6.07) is 15.9. The van der Waals surface area contributed by atoms with E-state index in [0.29, 0.717) is 23.6 Å². The smallest absolute Gasteiger partial charge is 0.319 e. The summed E-state index contributed by atoms with van der Waals surface area (Å²) in [6.07, 6.45) is 0. The molecule has 0 bridgehead atoms. The van der Waals surface area contributed by atoms with E-state index in [1.807, 2.05) is 31.2 Å². The zero-order valence-electron chi connectivity index (χ0n) is 14.8. The van der Waals surface area contributed by atoms with Crippen LogP contribution < -0.4 is 15.4 Å². The fraction of sp³-hybridized carbons (Fsp3) is 0.250. The number of amides is 2. The van der Waals surface area contributed by atoms with Crippen LogP contribution in [0.4, 0.5) is 10.5 Å². The fourth-order valence-electron chi connectivity index (χ4n) is 2.56. The largest absolute Gasteiger partial charge is 0.494 e. The van der Waals surface area contributed by atoms with Gasteiger partial charge in [0.05, 0.1) is 13.2 Å². The van der Waals surface area contributed by atoms with E-state index in [2.05, 4.69) is 10.6 Å². The zero-order chi connectivity index (χ0) is 18.6. The number of aliphatic hydroxyl groups is 1. The summed E-state index contributed by atoms with van der Waals surface area (Å²) in [7, 11) is 0. The van der Waals surface area contributed by atoms with Crippen LogP contribution in [-0.4, -0.2) is 24.3 Å². The number of carbonyl (C=O) groups is 1. The predicted molar refractivity (Wildman–Crippen MR) is 100 cm³/mol. The molecule has 0 saturated heterocycles. The molecule has 1 unspecified atom stereocenters. The van der Waals surface area contributed by atoms with E-state index < -0.39 is 11.6 Å². The highest BCUT2D eigenvalue weighted by Gasteiger charge is 2.28. The predicted octanol–water partition coefficient (Wildman–Crippen LogP) is 3.86. The number of furan rings is 1. The highest BCUT2D eigenvalue weighted by Crippen LogP contribution is 2.27. The number of para-hydroxylation sites is 1. The standard InChI is InChI=1S/C20H22N2O4/c1-3-25-16-10-8-15(9-11-16)22-19(23)21-13-20(2,24)18-12-14-6-4-5-7-17(14)26-18/h4-12,24H,3,13H2,1-2H3,(H2,21,22,23). The third-order valence-electron chi connectivity index (χ3n) is 3.97. The van der Waals surface area contributed by atoms with E-state index in [9.17, 15) is 9.90 Å². The Labute approximate surface area is 151 Å². The molecule has 2 aromatic carbocycles. The average molecular weight is 354 g/mol. The number of nitrogens with one attached hydrogen (secondary N) is 2. The van der Waals surface area contributed by atoms with Crippen LogP contribution in [0.25, 0.3) is 11.0 Å². The molecule has 2 amide bonds. The van der Waals surface area contributed by atoms with Crippen molar-refractivity contribution < 1.29 is 19.1 Å². The van der Waals surface area contributed by atoms with Gasteiger partial charge in [-0.3, -0.25) is 0 Å². The second kappa shape index (κ2) is 7.49. The molecule has 136 valence electrons. The Kier molecular flexibility index (Phi) is 5.14. The topological polar surface area (TPSA) is 83.7 Å². The minimum absolute atomic E-state index is 0.00961. The van der Waals surface area contributed by atoms with E-state index in [4.69, 9.17) is 9.15 Å². The lowest BCUT2D eigenvalue weighted by molar-refractivity contribution is 0.0388. The van der Waals surface area contributed by atoms with Gasteiger partial charge in [0.1, 0.15) is 22.7 Å². The molecule has 0 aliphatic rings. The van der Waals surface area contributed by atoms with Crippen molar-refractivity contribution in [3.8, 4) is 5.75 Å². The van der Waals surface area contributed by atoms with Crippen molar-refractivity contribution in [1.82, 2.24) is 5.32 Å². The molecule has 3 rings (SSSR count). The first kappa shape index (κ1) is 17.8. The summed E-state index contributed by atoms with van der Waals surface area (Å²) in [5, 5.41) is 16.9. The van der Waals surface area contributed by atoms with E-state index in [0.717, 1.165) is 11.1 Å². The van der Waals surface area contributed by atoms with Gasteiger partial charge < -0.3 is 24.9 Å². The summed E-state index contributed by atoms with van der Waals surface area (Å²) >= 11 is 0. The summed E-state index contributed by atoms with van der Waals surface area (Å²) in [5.74, 6) is 1.14. The first-order valence-corrected chi connectivity index (χ1v) is 8.47. The highest BCUT2D eigenvalue weighted by molar-refractivity contribution is 5.89. The SMILES string of the molecule is CCOc1ccc(NC(=O)NCC(C)(O)c2cc3ccccc3o2)cc1. The van der Waals surface area contributed by atoms with Crippen LogP contribution in [0.5, 0.6) is 5.75 Å². The van der Waals surface area contributed by atoms with Gasteiger partial charge in [-0.1, -0.05) is 18.2 Å². The number of carbonyl (C=O) groups excluding carboxylic acids is 1.